The Balaban J connectivity index is 1.73. The van der Waals surface area contributed by atoms with Crippen LogP contribution in [0.4, 0.5) is 0 Å². The summed E-state index contributed by atoms with van der Waals surface area (Å²) in [4.78, 5) is 43.2. The molecule has 2 rings (SSSR count). The smallest absolute Gasteiger partial charge is 0.328 e. The standard InChI is InChI=1S/C21H38N4O4/c1-4-17(2)20(21(28)29-3)22-18(26)15-23-11-13-24(14-12-23)16-19(27)25-9-7-5-6-8-10-25/h17,20H,4-16H2,1-3H3,(H,22,26). The van der Waals surface area contributed by atoms with Gasteiger partial charge in [-0.3, -0.25) is 19.4 Å². The predicted molar refractivity (Wildman–Crippen MR) is 111 cm³/mol. The number of carbonyl (C=O) groups excluding carboxylic acids is 3. The molecule has 8 nitrogen and oxygen atoms in total. The van der Waals surface area contributed by atoms with Gasteiger partial charge < -0.3 is 15.0 Å². The lowest BCUT2D eigenvalue weighted by Gasteiger charge is -2.35. The van der Waals surface area contributed by atoms with E-state index in [4.69, 9.17) is 4.74 Å². The average molecular weight is 411 g/mol. The number of hydrogen-bond donors (Lipinski definition) is 1. The van der Waals surface area contributed by atoms with Crippen LogP contribution in [0.3, 0.4) is 0 Å². The van der Waals surface area contributed by atoms with Gasteiger partial charge >= 0.3 is 5.97 Å². The molecule has 0 bridgehead atoms. The molecule has 2 aliphatic heterocycles. The van der Waals surface area contributed by atoms with Gasteiger partial charge in [-0.05, 0) is 18.8 Å². The summed E-state index contributed by atoms with van der Waals surface area (Å²) in [5, 5.41) is 2.83. The third-order valence-electron chi connectivity index (χ3n) is 6.13. The van der Waals surface area contributed by atoms with Gasteiger partial charge in [0.05, 0.1) is 20.2 Å². The van der Waals surface area contributed by atoms with Crippen molar-refractivity contribution < 1.29 is 19.1 Å². The number of methoxy groups -OCH3 is 1. The number of likely N-dealkylation sites (tertiary alicyclic amines) is 1. The van der Waals surface area contributed by atoms with Gasteiger partial charge in [0.1, 0.15) is 6.04 Å². The molecule has 2 fully saturated rings. The molecule has 2 heterocycles. The van der Waals surface area contributed by atoms with E-state index in [1.807, 2.05) is 18.7 Å². The van der Waals surface area contributed by atoms with Crippen LogP contribution < -0.4 is 5.32 Å². The topological polar surface area (TPSA) is 82.2 Å². The number of rotatable bonds is 8. The first kappa shape index (κ1) is 23.6. The van der Waals surface area contributed by atoms with E-state index in [0.717, 1.165) is 58.5 Å². The molecule has 166 valence electrons. The summed E-state index contributed by atoms with van der Waals surface area (Å²) in [5.41, 5.74) is 0. The van der Waals surface area contributed by atoms with E-state index in [-0.39, 0.29) is 24.3 Å². The van der Waals surface area contributed by atoms with Gasteiger partial charge in [-0.15, -0.1) is 0 Å². The highest BCUT2D eigenvalue weighted by Gasteiger charge is 2.28. The Bertz CT molecular complexity index is 541. The van der Waals surface area contributed by atoms with Crippen molar-refractivity contribution in [1.29, 1.82) is 0 Å². The maximum atomic E-state index is 12.5. The summed E-state index contributed by atoms with van der Waals surface area (Å²) in [7, 11) is 1.34. The minimum Gasteiger partial charge on any atom is -0.467 e. The third kappa shape index (κ3) is 7.59. The third-order valence-corrected chi connectivity index (χ3v) is 6.13. The van der Waals surface area contributed by atoms with Crippen molar-refractivity contribution in [3.8, 4) is 0 Å². The van der Waals surface area contributed by atoms with Crippen molar-refractivity contribution in [2.24, 2.45) is 5.92 Å². The number of amides is 2. The lowest BCUT2D eigenvalue weighted by molar-refractivity contribution is -0.146. The molecule has 2 aliphatic rings. The van der Waals surface area contributed by atoms with Gasteiger partial charge in [-0.25, -0.2) is 4.79 Å². The summed E-state index contributed by atoms with van der Waals surface area (Å²) in [6.45, 7) is 9.46. The van der Waals surface area contributed by atoms with E-state index in [2.05, 4.69) is 15.1 Å². The Morgan fingerprint density at radius 1 is 0.897 bits per heavy atom. The molecule has 2 saturated heterocycles. The first-order valence-corrected chi connectivity index (χ1v) is 11.0. The van der Waals surface area contributed by atoms with Crippen molar-refractivity contribution in [2.75, 3.05) is 59.5 Å². The SMILES string of the molecule is CCC(C)C(NC(=O)CN1CCN(CC(=O)N2CCCCCC2)CC1)C(=O)OC. The van der Waals surface area contributed by atoms with E-state index in [1.54, 1.807) is 0 Å². The molecule has 0 aromatic rings. The number of nitrogens with one attached hydrogen (secondary N) is 1. The molecular weight excluding hydrogens is 372 g/mol. The van der Waals surface area contributed by atoms with E-state index < -0.39 is 12.0 Å². The molecule has 1 N–H and O–H groups in total. The lowest BCUT2D eigenvalue weighted by atomic mass is 9.99. The van der Waals surface area contributed by atoms with Crippen LogP contribution in [0.1, 0.15) is 46.0 Å². The second-order valence-electron chi connectivity index (χ2n) is 8.30. The van der Waals surface area contributed by atoms with Gasteiger partial charge in [-0.2, -0.15) is 0 Å². The summed E-state index contributed by atoms with van der Waals surface area (Å²) in [6.07, 6.45) is 5.44. The van der Waals surface area contributed by atoms with Gasteiger partial charge in [0.25, 0.3) is 0 Å². The minimum absolute atomic E-state index is 0.0215. The normalized spacial score (nSPS) is 21.1. The maximum absolute atomic E-state index is 12.5. The minimum atomic E-state index is -0.606. The van der Waals surface area contributed by atoms with Crippen molar-refractivity contribution in [3.05, 3.63) is 0 Å². The second-order valence-corrected chi connectivity index (χ2v) is 8.30. The van der Waals surface area contributed by atoms with Gasteiger partial charge in [0, 0.05) is 39.3 Å². The molecule has 0 saturated carbocycles. The Kier molecular flexibility index (Phi) is 9.87. The van der Waals surface area contributed by atoms with Crippen LogP contribution in [-0.2, 0) is 19.1 Å². The zero-order chi connectivity index (χ0) is 21.2. The van der Waals surface area contributed by atoms with Crippen molar-refractivity contribution in [3.63, 3.8) is 0 Å². The fourth-order valence-corrected chi connectivity index (χ4v) is 3.94. The van der Waals surface area contributed by atoms with Crippen LogP contribution in [0.25, 0.3) is 0 Å². The largest absolute Gasteiger partial charge is 0.467 e. The van der Waals surface area contributed by atoms with Gasteiger partial charge in [0.15, 0.2) is 0 Å². The monoisotopic (exact) mass is 410 g/mol. The summed E-state index contributed by atoms with van der Waals surface area (Å²) in [6, 6.07) is -0.606. The Morgan fingerprint density at radius 2 is 1.45 bits per heavy atom. The van der Waals surface area contributed by atoms with E-state index in [1.165, 1.54) is 20.0 Å². The number of nitrogens with zero attached hydrogens (tertiary/aromatic N) is 3. The number of hydrogen-bond acceptors (Lipinski definition) is 6. The Hall–Kier alpha value is -1.67. The first-order chi connectivity index (χ1) is 13.9. The van der Waals surface area contributed by atoms with E-state index in [0.29, 0.717) is 6.54 Å². The molecule has 2 unspecified atom stereocenters. The van der Waals surface area contributed by atoms with Crippen LogP contribution in [0.15, 0.2) is 0 Å². The zero-order valence-electron chi connectivity index (χ0n) is 18.3. The molecule has 0 aliphatic carbocycles. The number of esters is 1. The molecule has 2 atom stereocenters. The van der Waals surface area contributed by atoms with E-state index in [9.17, 15) is 14.4 Å². The first-order valence-electron chi connectivity index (χ1n) is 11.0. The molecule has 0 spiro atoms. The number of carbonyl (C=O) groups is 3. The molecular formula is C21H38N4O4. The predicted octanol–water partition coefficient (Wildman–Crippen LogP) is 0.711. The fraction of sp³-hybridized carbons (Fsp3) is 0.857. The number of ether oxygens (including phenoxy) is 1. The highest BCUT2D eigenvalue weighted by Crippen LogP contribution is 2.12. The quantitative estimate of drug-likeness (QED) is 0.594. The van der Waals surface area contributed by atoms with Crippen LogP contribution >= 0.6 is 0 Å². The molecule has 0 aromatic heterocycles. The fourth-order valence-electron chi connectivity index (χ4n) is 3.94. The van der Waals surface area contributed by atoms with Crippen LogP contribution in [0.5, 0.6) is 0 Å². The second kappa shape index (κ2) is 12.1. The summed E-state index contributed by atoms with van der Waals surface area (Å²) in [5.74, 6) is -0.305. The van der Waals surface area contributed by atoms with Crippen molar-refractivity contribution >= 4 is 17.8 Å². The van der Waals surface area contributed by atoms with Crippen LogP contribution in [0.2, 0.25) is 0 Å². The number of piperazine rings is 1. The van der Waals surface area contributed by atoms with Crippen molar-refractivity contribution in [2.45, 2.75) is 52.0 Å². The molecule has 0 radical (unpaired) electrons. The zero-order valence-corrected chi connectivity index (χ0v) is 18.3. The summed E-state index contributed by atoms with van der Waals surface area (Å²) >= 11 is 0. The van der Waals surface area contributed by atoms with Gasteiger partial charge in [-0.1, -0.05) is 33.1 Å². The summed E-state index contributed by atoms with van der Waals surface area (Å²) < 4.78 is 4.83. The Labute approximate surface area is 174 Å². The lowest BCUT2D eigenvalue weighted by Crippen LogP contribution is -2.54. The van der Waals surface area contributed by atoms with Crippen molar-refractivity contribution in [1.82, 2.24) is 20.0 Å². The van der Waals surface area contributed by atoms with Crippen LogP contribution in [-0.4, -0.2) is 98.0 Å². The van der Waals surface area contributed by atoms with Crippen LogP contribution in [0, 0.1) is 5.92 Å². The average Bonchev–Trinajstić information content (AvgIpc) is 3.02. The molecule has 2 amide bonds. The van der Waals surface area contributed by atoms with E-state index >= 15 is 0 Å². The highest BCUT2D eigenvalue weighted by molar-refractivity contribution is 5.85. The highest BCUT2D eigenvalue weighted by atomic mass is 16.5. The molecule has 29 heavy (non-hydrogen) atoms. The molecule has 0 aromatic carbocycles. The van der Waals surface area contributed by atoms with Gasteiger partial charge in [0.2, 0.25) is 11.8 Å². The molecule has 8 heteroatoms. The maximum Gasteiger partial charge on any atom is 0.328 e. The Morgan fingerprint density at radius 3 is 1.97 bits per heavy atom.